The van der Waals surface area contributed by atoms with E-state index in [9.17, 15) is 9.59 Å². The Bertz CT molecular complexity index is 1220. The molecule has 180 valence electrons. The van der Waals surface area contributed by atoms with Crippen molar-refractivity contribution in [2.75, 3.05) is 41.4 Å². The van der Waals surface area contributed by atoms with E-state index in [1.165, 1.54) is 12.8 Å². The van der Waals surface area contributed by atoms with E-state index in [-0.39, 0.29) is 11.8 Å². The van der Waals surface area contributed by atoms with E-state index in [4.69, 9.17) is 0 Å². The molecule has 0 radical (unpaired) electrons. The molecule has 5 rings (SSSR count). The van der Waals surface area contributed by atoms with Gasteiger partial charge in [0.05, 0.1) is 0 Å². The lowest BCUT2D eigenvalue weighted by Gasteiger charge is -2.27. The molecule has 2 amide bonds. The molecule has 2 fully saturated rings. The molecule has 2 heterocycles. The van der Waals surface area contributed by atoms with Crippen molar-refractivity contribution < 1.29 is 9.59 Å². The van der Waals surface area contributed by atoms with Crippen LogP contribution < -0.4 is 15.5 Å². The van der Waals surface area contributed by atoms with Crippen molar-refractivity contribution in [1.29, 1.82) is 0 Å². The minimum absolute atomic E-state index is 0.0267. The monoisotopic (exact) mass is 486 g/mol. The van der Waals surface area contributed by atoms with Crippen LogP contribution in [0.3, 0.4) is 0 Å². The fourth-order valence-electron chi connectivity index (χ4n) is 4.20. The van der Waals surface area contributed by atoms with Gasteiger partial charge >= 0.3 is 0 Å². The van der Waals surface area contributed by atoms with Gasteiger partial charge in [-0.05, 0) is 78.8 Å². The molecule has 35 heavy (non-hydrogen) atoms. The summed E-state index contributed by atoms with van der Waals surface area (Å²) in [6, 6.07) is 17.2. The molecular weight excluding hydrogens is 456 g/mol. The molecule has 1 aromatic heterocycles. The van der Waals surface area contributed by atoms with Crippen LogP contribution in [0.25, 0.3) is 11.1 Å². The van der Waals surface area contributed by atoms with Gasteiger partial charge in [-0.15, -0.1) is 0 Å². The van der Waals surface area contributed by atoms with Gasteiger partial charge in [0, 0.05) is 54.2 Å². The molecule has 0 spiro atoms. The first-order valence-electron chi connectivity index (χ1n) is 12.2. The molecule has 1 aliphatic carbocycles. The second-order valence-corrected chi connectivity index (χ2v) is 10.4. The third-order valence-corrected chi connectivity index (χ3v) is 7.49. The standard InChI is InChI=1S/C28H30N4O2S/c1-19-2-9-24(31-28(34)23-10-11-29-26(16-23)32-12-14-35-15-13-32)17-25(19)21-5-7-22(8-6-21)27(33)30-18-20-3-4-20/h2,5-11,16-17,20H,3-4,12-15,18H2,1H3,(H,30,33)(H,31,34). The molecule has 0 unspecified atom stereocenters. The van der Waals surface area contributed by atoms with Crippen LogP contribution in [0.15, 0.2) is 60.8 Å². The molecule has 1 saturated heterocycles. The van der Waals surface area contributed by atoms with E-state index >= 15 is 0 Å². The topological polar surface area (TPSA) is 74.3 Å². The van der Waals surface area contributed by atoms with E-state index in [0.717, 1.165) is 59.3 Å². The lowest BCUT2D eigenvalue weighted by atomic mass is 9.98. The highest BCUT2D eigenvalue weighted by molar-refractivity contribution is 7.99. The number of hydrogen-bond acceptors (Lipinski definition) is 5. The number of rotatable bonds is 7. The van der Waals surface area contributed by atoms with E-state index in [1.54, 1.807) is 12.3 Å². The van der Waals surface area contributed by atoms with Crippen LogP contribution in [0.5, 0.6) is 0 Å². The smallest absolute Gasteiger partial charge is 0.255 e. The first-order valence-corrected chi connectivity index (χ1v) is 13.3. The summed E-state index contributed by atoms with van der Waals surface area (Å²) in [5.74, 6) is 3.48. The Balaban J connectivity index is 1.28. The second-order valence-electron chi connectivity index (χ2n) is 9.22. The number of aromatic nitrogens is 1. The first-order chi connectivity index (χ1) is 17.1. The quantitative estimate of drug-likeness (QED) is 0.492. The van der Waals surface area contributed by atoms with Crippen LogP contribution in [0.4, 0.5) is 11.5 Å². The Kier molecular flexibility index (Phi) is 7.04. The van der Waals surface area contributed by atoms with E-state index < -0.39 is 0 Å². The maximum Gasteiger partial charge on any atom is 0.255 e. The number of benzene rings is 2. The summed E-state index contributed by atoms with van der Waals surface area (Å²) in [6.07, 6.45) is 4.13. The summed E-state index contributed by atoms with van der Waals surface area (Å²) in [7, 11) is 0. The Labute approximate surface area is 210 Å². The maximum absolute atomic E-state index is 13.0. The number of anilines is 2. The Morgan fingerprint density at radius 2 is 1.74 bits per heavy atom. The molecule has 2 N–H and O–H groups in total. The Morgan fingerprint density at radius 1 is 0.971 bits per heavy atom. The molecule has 7 heteroatoms. The van der Waals surface area contributed by atoms with Gasteiger partial charge < -0.3 is 15.5 Å². The fourth-order valence-corrected chi connectivity index (χ4v) is 5.10. The zero-order chi connectivity index (χ0) is 24.2. The normalized spacial score (nSPS) is 15.5. The molecule has 3 aromatic rings. The molecule has 1 saturated carbocycles. The minimum atomic E-state index is -0.155. The van der Waals surface area contributed by atoms with Gasteiger partial charge in [0.15, 0.2) is 0 Å². The second kappa shape index (κ2) is 10.5. The summed E-state index contributed by atoms with van der Waals surface area (Å²) in [5, 5.41) is 6.04. The number of carbonyl (C=O) groups is 2. The first kappa shape index (κ1) is 23.4. The number of aryl methyl sites for hydroxylation is 1. The zero-order valence-electron chi connectivity index (χ0n) is 19.9. The van der Waals surface area contributed by atoms with Gasteiger partial charge in [0.25, 0.3) is 11.8 Å². The van der Waals surface area contributed by atoms with Gasteiger partial charge in [-0.1, -0.05) is 18.2 Å². The molecule has 6 nitrogen and oxygen atoms in total. The predicted octanol–water partition coefficient (Wildman–Crippen LogP) is 5.00. The number of carbonyl (C=O) groups excluding carboxylic acids is 2. The van der Waals surface area contributed by atoms with Gasteiger partial charge in [0.2, 0.25) is 0 Å². The van der Waals surface area contributed by atoms with Crippen LogP contribution in [-0.4, -0.2) is 47.9 Å². The molecule has 2 aliphatic rings. The van der Waals surface area contributed by atoms with E-state index in [1.807, 2.05) is 67.2 Å². The van der Waals surface area contributed by atoms with Crippen molar-refractivity contribution >= 4 is 35.1 Å². The van der Waals surface area contributed by atoms with Crippen LogP contribution in [0.2, 0.25) is 0 Å². The van der Waals surface area contributed by atoms with Crippen molar-refractivity contribution in [3.63, 3.8) is 0 Å². The third-order valence-electron chi connectivity index (χ3n) is 6.54. The fraction of sp³-hybridized carbons (Fsp3) is 0.321. The van der Waals surface area contributed by atoms with Crippen molar-refractivity contribution in [2.24, 2.45) is 5.92 Å². The number of nitrogens with zero attached hydrogens (tertiary/aromatic N) is 2. The van der Waals surface area contributed by atoms with Crippen LogP contribution >= 0.6 is 11.8 Å². The van der Waals surface area contributed by atoms with Crippen molar-refractivity contribution in [3.8, 4) is 11.1 Å². The minimum Gasteiger partial charge on any atom is -0.355 e. The van der Waals surface area contributed by atoms with Crippen LogP contribution in [-0.2, 0) is 0 Å². The third kappa shape index (κ3) is 5.85. The average Bonchev–Trinajstić information content (AvgIpc) is 3.74. The van der Waals surface area contributed by atoms with Gasteiger partial charge in [-0.25, -0.2) is 4.98 Å². The van der Waals surface area contributed by atoms with Gasteiger partial charge in [0.1, 0.15) is 5.82 Å². The maximum atomic E-state index is 13.0. The lowest BCUT2D eigenvalue weighted by Crippen LogP contribution is -2.33. The summed E-state index contributed by atoms with van der Waals surface area (Å²) in [4.78, 5) is 32.1. The van der Waals surface area contributed by atoms with Crippen LogP contribution in [0.1, 0.15) is 39.1 Å². The number of pyridine rings is 1. The highest BCUT2D eigenvalue weighted by Crippen LogP contribution is 2.29. The highest BCUT2D eigenvalue weighted by Gasteiger charge is 2.22. The summed E-state index contributed by atoms with van der Waals surface area (Å²) < 4.78 is 0. The number of nitrogens with one attached hydrogen (secondary N) is 2. The SMILES string of the molecule is Cc1ccc(NC(=O)c2ccnc(N3CCSCC3)c2)cc1-c1ccc(C(=O)NCC2CC2)cc1. The zero-order valence-corrected chi connectivity index (χ0v) is 20.7. The van der Waals surface area contributed by atoms with Crippen molar-refractivity contribution in [3.05, 3.63) is 77.5 Å². The molecular formula is C28H30N4O2S. The Morgan fingerprint density at radius 3 is 2.49 bits per heavy atom. The van der Waals surface area contributed by atoms with Gasteiger partial charge in [-0.2, -0.15) is 11.8 Å². The van der Waals surface area contributed by atoms with Gasteiger partial charge in [-0.3, -0.25) is 9.59 Å². The predicted molar refractivity (Wildman–Crippen MR) is 143 cm³/mol. The van der Waals surface area contributed by atoms with Crippen molar-refractivity contribution in [1.82, 2.24) is 10.3 Å². The van der Waals surface area contributed by atoms with Crippen LogP contribution in [0, 0.1) is 12.8 Å². The lowest BCUT2D eigenvalue weighted by molar-refractivity contribution is 0.0951. The largest absolute Gasteiger partial charge is 0.355 e. The number of thioether (sulfide) groups is 1. The summed E-state index contributed by atoms with van der Waals surface area (Å²) >= 11 is 1.95. The van der Waals surface area contributed by atoms with E-state index in [0.29, 0.717) is 17.0 Å². The molecule has 2 aromatic carbocycles. The van der Waals surface area contributed by atoms with E-state index in [2.05, 4.69) is 20.5 Å². The Hall–Kier alpha value is -3.32. The number of hydrogen-bond donors (Lipinski definition) is 2. The number of amides is 2. The van der Waals surface area contributed by atoms with Crippen molar-refractivity contribution in [2.45, 2.75) is 19.8 Å². The molecule has 0 atom stereocenters. The molecule has 1 aliphatic heterocycles. The summed E-state index contributed by atoms with van der Waals surface area (Å²) in [5.41, 5.74) is 5.12. The average molecular weight is 487 g/mol. The summed E-state index contributed by atoms with van der Waals surface area (Å²) in [6.45, 7) is 4.71. The highest BCUT2D eigenvalue weighted by atomic mass is 32.2. The molecule has 0 bridgehead atoms.